The van der Waals surface area contributed by atoms with Gasteiger partial charge in [0.2, 0.25) is 0 Å². The maximum absolute atomic E-state index is 12.8. The highest BCUT2D eigenvalue weighted by atomic mass is 19.4. The quantitative estimate of drug-likeness (QED) is 0.847. The molecule has 0 atom stereocenters. The fourth-order valence-corrected chi connectivity index (χ4v) is 1.42. The van der Waals surface area contributed by atoms with E-state index in [1.165, 1.54) is 26.0 Å². The highest BCUT2D eigenvalue weighted by Gasteiger charge is 2.63. The molecule has 0 aliphatic heterocycles. The highest BCUT2D eigenvalue weighted by molar-refractivity contribution is 5.85. The van der Waals surface area contributed by atoms with Crippen LogP contribution in [0.15, 0.2) is 30.3 Å². The molecule has 1 N–H and O–H groups in total. The number of nitrogens with one attached hydrogen (secondary N) is 1. The third-order valence-corrected chi connectivity index (χ3v) is 2.56. The van der Waals surface area contributed by atoms with E-state index in [4.69, 9.17) is 0 Å². The molecule has 1 amide bonds. The minimum atomic E-state index is -5.91. The Balaban J connectivity index is 2.94. The first-order valence-electron chi connectivity index (χ1n) is 5.31. The maximum atomic E-state index is 12.8. The van der Waals surface area contributed by atoms with Crippen LogP contribution in [0.2, 0.25) is 0 Å². The molecule has 19 heavy (non-hydrogen) atoms. The van der Waals surface area contributed by atoms with Gasteiger partial charge in [-0.05, 0) is 19.4 Å². The summed E-state index contributed by atoms with van der Waals surface area (Å²) in [6, 6.07) is 7.88. The number of benzene rings is 1. The summed E-state index contributed by atoms with van der Waals surface area (Å²) in [5, 5.41) is 1.71. The fraction of sp³-hybridized carbons (Fsp3) is 0.417. The summed E-state index contributed by atoms with van der Waals surface area (Å²) >= 11 is 0. The molecule has 1 aromatic carbocycles. The van der Waals surface area contributed by atoms with Crippen LogP contribution in [-0.4, -0.2) is 18.0 Å². The summed E-state index contributed by atoms with van der Waals surface area (Å²) in [7, 11) is 0. The number of halogens is 5. The minimum Gasteiger partial charge on any atom is -0.342 e. The van der Waals surface area contributed by atoms with Crippen molar-refractivity contribution in [3.63, 3.8) is 0 Å². The van der Waals surface area contributed by atoms with Crippen LogP contribution in [0.25, 0.3) is 0 Å². The van der Waals surface area contributed by atoms with E-state index in [2.05, 4.69) is 0 Å². The molecular weight excluding hydrogens is 269 g/mol. The van der Waals surface area contributed by atoms with E-state index in [0.717, 1.165) is 0 Å². The number of hydrogen-bond acceptors (Lipinski definition) is 1. The summed E-state index contributed by atoms with van der Waals surface area (Å²) in [5.74, 6) is -7.78. The Morgan fingerprint density at radius 1 is 1.00 bits per heavy atom. The van der Waals surface area contributed by atoms with Gasteiger partial charge in [-0.15, -0.1) is 0 Å². The monoisotopic (exact) mass is 281 g/mol. The van der Waals surface area contributed by atoms with Crippen molar-refractivity contribution in [2.24, 2.45) is 0 Å². The molecular formula is C12H12F5NO. The van der Waals surface area contributed by atoms with E-state index in [-0.39, 0.29) is 0 Å². The number of amides is 1. The predicted octanol–water partition coefficient (Wildman–Crippen LogP) is 3.24. The molecule has 2 nitrogen and oxygen atoms in total. The van der Waals surface area contributed by atoms with Gasteiger partial charge < -0.3 is 5.32 Å². The van der Waals surface area contributed by atoms with Crippen LogP contribution in [0, 0.1) is 0 Å². The zero-order valence-corrected chi connectivity index (χ0v) is 10.2. The summed E-state index contributed by atoms with van der Waals surface area (Å²) in [5.41, 5.74) is -0.922. The molecule has 0 saturated heterocycles. The zero-order chi connectivity index (χ0) is 14.9. The Morgan fingerprint density at radius 3 is 1.89 bits per heavy atom. The second kappa shape index (κ2) is 4.79. The molecule has 0 unspecified atom stereocenters. The van der Waals surface area contributed by atoms with Gasteiger partial charge in [0.05, 0.1) is 5.54 Å². The average molecular weight is 281 g/mol. The summed E-state index contributed by atoms with van der Waals surface area (Å²) in [6.45, 7) is 2.68. The maximum Gasteiger partial charge on any atom is 0.463 e. The Bertz CT molecular complexity index is 453. The van der Waals surface area contributed by atoms with E-state index < -0.39 is 23.5 Å². The average Bonchev–Trinajstić information content (AvgIpc) is 2.28. The second-order valence-corrected chi connectivity index (χ2v) is 4.52. The summed E-state index contributed by atoms with van der Waals surface area (Å²) in [6.07, 6.45) is -5.91. The normalized spacial score (nSPS) is 13.2. The lowest BCUT2D eigenvalue weighted by molar-refractivity contribution is -0.270. The Hall–Kier alpha value is -1.66. The van der Waals surface area contributed by atoms with E-state index in [0.29, 0.717) is 5.56 Å². The first-order chi connectivity index (χ1) is 8.48. The molecule has 0 fully saturated rings. The molecule has 106 valence electrons. The first kappa shape index (κ1) is 15.4. The lowest BCUT2D eigenvalue weighted by Gasteiger charge is -2.29. The topological polar surface area (TPSA) is 29.1 Å². The summed E-state index contributed by atoms with van der Waals surface area (Å²) in [4.78, 5) is 11.1. The van der Waals surface area contributed by atoms with Gasteiger partial charge in [-0.25, -0.2) is 0 Å². The third-order valence-electron chi connectivity index (χ3n) is 2.56. The zero-order valence-electron chi connectivity index (χ0n) is 10.2. The van der Waals surface area contributed by atoms with Crippen molar-refractivity contribution in [2.75, 3.05) is 0 Å². The SMILES string of the molecule is CC(C)(NC(=O)C(F)(F)C(F)(F)F)c1ccccc1. The number of hydrogen-bond donors (Lipinski definition) is 1. The van der Waals surface area contributed by atoms with Gasteiger partial charge in [0.1, 0.15) is 0 Å². The molecule has 0 aliphatic rings. The summed E-state index contributed by atoms with van der Waals surface area (Å²) < 4.78 is 61.8. The smallest absolute Gasteiger partial charge is 0.342 e. The van der Waals surface area contributed by atoms with E-state index in [1.54, 1.807) is 23.5 Å². The van der Waals surface area contributed by atoms with Crippen molar-refractivity contribution in [1.82, 2.24) is 5.32 Å². The fourth-order valence-electron chi connectivity index (χ4n) is 1.42. The molecule has 0 aliphatic carbocycles. The van der Waals surface area contributed by atoms with Crippen molar-refractivity contribution in [1.29, 1.82) is 0 Å². The number of carbonyl (C=O) groups excluding carboxylic acids is 1. The van der Waals surface area contributed by atoms with Crippen molar-refractivity contribution in [3.8, 4) is 0 Å². The number of carbonyl (C=O) groups is 1. The Kier molecular flexibility index (Phi) is 3.88. The van der Waals surface area contributed by atoms with Crippen molar-refractivity contribution < 1.29 is 26.7 Å². The van der Waals surface area contributed by atoms with Crippen LogP contribution < -0.4 is 5.32 Å². The molecule has 0 bridgehead atoms. The standard InChI is InChI=1S/C12H12F5NO/c1-10(2,8-6-4-3-5-7-8)18-9(19)11(13,14)12(15,16)17/h3-7H,1-2H3,(H,18,19). The lowest BCUT2D eigenvalue weighted by Crippen LogP contribution is -2.55. The number of rotatable bonds is 3. The second-order valence-electron chi connectivity index (χ2n) is 4.52. The van der Waals surface area contributed by atoms with Gasteiger partial charge in [0.15, 0.2) is 0 Å². The molecule has 0 saturated carbocycles. The van der Waals surface area contributed by atoms with Gasteiger partial charge in [0, 0.05) is 0 Å². The van der Waals surface area contributed by atoms with Gasteiger partial charge in [-0.3, -0.25) is 4.79 Å². The van der Waals surface area contributed by atoms with Gasteiger partial charge in [-0.1, -0.05) is 30.3 Å². The number of alkyl halides is 5. The van der Waals surface area contributed by atoms with Crippen LogP contribution in [-0.2, 0) is 10.3 Å². The molecule has 0 heterocycles. The van der Waals surface area contributed by atoms with Crippen LogP contribution in [0.4, 0.5) is 22.0 Å². The van der Waals surface area contributed by atoms with Gasteiger partial charge >= 0.3 is 18.0 Å². The Morgan fingerprint density at radius 2 is 1.47 bits per heavy atom. The van der Waals surface area contributed by atoms with Gasteiger partial charge in [0.25, 0.3) is 0 Å². The minimum absolute atomic E-state index is 0.418. The van der Waals surface area contributed by atoms with Crippen LogP contribution in [0.5, 0.6) is 0 Å². The first-order valence-corrected chi connectivity index (χ1v) is 5.31. The van der Waals surface area contributed by atoms with Crippen LogP contribution in [0.3, 0.4) is 0 Å². The van der Waals surface area contributed by atoms with Crippen molar-refractivity contribution >= 4 is 5.91 Å². The van der Waals surface area contributed by atoms with Crippen molar-refractivity contribution in [3.05, 3.63) is 35.9 Å². The largest absolute Gasteiger partial charge is 0.463 e. The molecule has 0 aromatic heterocycles. The highest BCUT2D eigenvalue weighted by Crippen LogP contribution is 2.36. The van der Waals surface area contributed by atoms with E-state index >= 15 is 0 Å². The third kappa shape index (κ3) is 3.21. The predicted molar refractivity (Wildman–Crippen MR) is 58.6 cm³/mol. The Labute approximate surface area is 106 Å². The van der Waals surface area contributed by atoms with Crippen LogP contribution in [0.1, 0.15) is 19.4 Å². The molecule has 7 heteroatoms. The van der Waals surface area contributed by atoms with E-state index in [1.807, 2.05) is 0 Å². The van der Waals surface area contributed by atoms with Crippen molar-refractivity contribution in [2.45, 2.75) is 31.5 Å². The van der Waals surface area contributed by atoms with Gasteiger partial charge in [-0.2, -0.15) is 22.0 Å². The lowest BCUT2D eigenvalue weighted by atomic mass is 9.94. The van der Waals surface area contributed by atoms with Crippen LogP contribution >= 0.6 is 0 Å². The molecule has 0 radical (unpaired) electrons. The molecule has 0 spiro atoms. The van der Waals surface area contributed by atoms with E-state index in [9.17, 15) is 26.7 Å². The molecule has 1 rings (SSSR count). The molecule has 1 aromatic rings.